The van der Waals surface area contributed by atoms with Crippen molar-refractivity contribution in [2.24, 2.45) is 5.73 Å². The summed E-state index contributed by atoms with van der Waals surface area (Å²) < 4.78 is 0. The van der Waals surface area contributed by atoms with E-state index in [2.05, 4.69) is 5.43 Å². The Labute approximate surface area is 94.0 Å². The van der Waals surface area contributed by atoms with E-state index in [9.17, 15) is 4.79 Å². The molecular weight excluding hydrogens is 202 g/mol. The topological polar surface area (TPSA) is 58.4 Å². The number of carbonyl (C=O) groups excluding carboxylic acids is 1. The molecule has 1 aromatic carbocycles. The van der Waals surface area contributed by atoms with E-state index < -0.39 is 0 Å². The average Bonchev–Trinajstić information content (AvgIpc) is 2.30. The quantitative estimate of drug-likeness (QED) is 0.798. The van der Waals surface area contributed by atoms with Crippen LogP contribution < -0.4 is 11.2 Å². The maximum absolute atomic E-state index is 11.0. The molecule has 0 spiro atoms. The van der Waals surface area contributed by atoms with Crippen LogP contribution in [0.1, 0.15) is 0 Å². The number of primary amides is 1. The molecule has 1 heterocycles. The number of nitrogens with two attached hydrogens (primary N) is 1. The number of anilines is 1. The van der Waals surface area contributed by atoms with E-state index in [0.29, 0.717) is 12.1 Å². The lowest BCUT2D eigenvalue weighted by Crippen LogP contribution is -2.32. The van der Waals surface area contributed by atoms with Gasteiger partial charge < -0.3 is 5.73 Å². The van der Waals surface area contributed by atoms with E-state index in [4.69, 9.17) is 5.73 Å². The van der Waals surface area contributed by atoms with Crippen LogP contribution in [0.4, 0.5) is 5.69 Å². The third-order valence-corrected chi connectivity index (χ3v) is 2.27. The number of benzene rings is 1. The van der Waals surface area contributed by atoms with Crippen LogP contribution in [-0.4, -0.2) is 17.5 Å². The Morgan fingerprint density at radius 2 is 2.06 bits per heavy atom. The zero-order valence-corrected chi connectivity index (χ0v) is 8.76. The summed E-state index contributed by atoms with van der Waals surface area (Å²) in [7, 11) is 0. The summed E-state index contributed by atoms with van der Waals surface area (Å²) in [4.78, 5) is 11.0. The van der Waals surface area contributed by atoms with Crippen molar-refractivity contribution in [1.29, 1.82) is 0 Å². The number of hydrogen-bond donors (Lipinski definition) is 2. The minimum Gasteiger partial charge on any atom is -0.366 e. The molecule has 1 aliphatic heterocycles. The lowest BCUT2D eigenvalue weighted by Gasteiger charge is -2.25. The van der Waals surface area contributed by atoms with E-state index in [0.717, 1.165) is 5.69 Å². The highest BCUT2D eigenvalue weighted by Gasteiger charge is 2.11. The first-order valence-electron chi connectivity index (χ1n) is 5.01. The van der Waals surface area contributed by atoms with Gasteiger partial charge in [-0.15, -0.1) is 0 Å². The lowest BCUT2D eigenvalue weighted by molar-refractivity contribution is -0.114. The molecule has 0 radical (unpaired) electrons. The molecule has 0 atom stereocenters. The third-order valence-electron chi connectivity index (χ3n) is 2.27. The number of amides is 1. The van der Waals surface area contributed by atoms with Crippen LogP contribution in [0.15, 0.2) is 54.3 Å². The Hall–Kier alpha value is -2.23. The third kappa shape index (κ3) is 2.42. The van der Waals surface area contributed by atoms with Gasteiger partial charge in [0.05, 0.1) is 12.2 Å². The molecule has 16 heavy (non-hydrogen) atoms. The smallest absolute Gasteiger partial charge is 0.246 e. The molecule has 3 N–H and O–H groups in total. The van der Waals surface area contributed by atoms with E-state index in [1.807, 2.05) is 41.5 Å². The molecule has 0 bridgehead atoms. The summed E-state index contributed by atoms with van der Waals surface area (Å²) in [6.45, 7) is 0.473. The number of hydrogen-bond acceptors (Lipinski definition) is 3. The van der Waals surface area contributed by atoms with E-state index in [1.54, 1.807) is 12.2 Å². The molecule has 0 unspecified atom stereocenters. The predicted octanol–water partition coefficient (Wildman–Crippen LogP) is 1.25. The molecule has 4 nitrogen and oxygen atoms in total. The molecule has 1 aliphatic rings. The van der Waals surface area contributed by atoms with Gasteiger partial charge in [0, 0.05) is 11.8 Å². The van der Waals surface area contributed by atoms with Crippen molar-refractivity contribution in [3.05, 3.63) is 54.3 Å². The van der Waals surface area contributed by atoms with Crippen LogP contribution in [0, 0.1) is 0 Å². The number of allylic oxidation sites excluding steroid dienone is 2. The molecular formula is C12H13N3O. The number of hydrazine groups is 1. The van der Waals surface area contributed by atoms with Crippen LogP contribution in [0.5, 0.6) is 0 Å². The van der Waals surface area contributed by atoms with Crippen LogP contribution in [0.2, 0.25) is 0 Å². The summed E-state index contributed by atoms with van der Waals surface area (Å²) in [5.41, 5.74) is 9.95. The second kappa shape index (κ2) is 4.53. The Kier molecular flexibility index (Phi) is 2.91. The summed E-state index contributed by atoms with van der Waals surface area (Å²) in [6.07, 6.45) is 5.38. The van der Waals surface area contributed by atoms with Gasteiger partial charge >= 0.3 is 0 Å². The van der Waals surface area contributed by atoms with Gasteiger partial charge in [-0.25, -0.2) is 0 Å². The normalized spacial score (nSPS) is 14.5. The van der Waals surface area contributed by atoms with E-state index in [1.165, 1.54) is 0 Å². The van der Waals surface area contributed by atoms with E-state index in [-0.39, 0.29) is 5.91 Å². The van der Waals surface area contributed by atoms with Crippen LogP contribution >= 0.6 is 0 Å². The summed E-state index contributed by atoms with van der Waals surface area (Å²) in [5.74, 6) is -0.385. The van der Waals surface area contributed by atoms with Crippen LogP contribution in [-0.2, 0) is 4.79 Å². The van der Waals surface area contributed by atoms with E-state index >= 15 is 0 Å². The highest BCUT2D eigenvalue weighted by Crippen LogP contribution is 2.11. The van der Waals surface area contributed by atoms with Gasteiger partial charge in [-0.05, 0) is 18.2 Å². The Morgan fingerprint density at radius 3 is 2.75 bits per heavy atom. The molecule has 1 amide bonds. The molecule has 1 aromatic rings. The average molecular weight is 215 g/mol. The summed E-state index contributed by atoms with van der Waals surface area (Å²) >= 11 is 0. The molecule has 82 valence electrons. The van der Waals surface area contributed by atoms with Gasteiger partial charge in [0.1, 0.15) is 0 Å². The highest BCUT2D eigenvalue weighted by atomic mass is 16.1. The number of nitrogens with one attached hydrogen (secondary N) is 1. The zero-order valence-electron chi connectivity index (χ0n) is 8.76. The second-order valence-corrected chi connectivity index (χ2v) is 3.50. The number of para-hydroxylation sites is 1. The Balaban J connectivity index is 2.02. The lowest BCUT2D eigenvalue weighted by atomic mass is 10.2. The summed E-state index contributed by atoms with van der Waals surface area (Å²) in [6, 6.07) is 9.75. The minimum atomic E-state index is -0.385. The van der Waals surface area contributed by atoms with Crippen LogP contribution in [0.3, 0.4) is 0 Å². The molecule has 0 saturated carbocycles. The van der Waals surface area contributed by atoms with Crippen molar-refractivity contribution in [2.75, 3.05) is 12.0 Å². The Morgan fingerprint density at radius 1 is 1.31 bits per heavy atom. The van der Waals surface area contributed by atoms with Crippen molar-refractivity contribution >= 4 is 11.6 Å². The standard InChI is InChI=1S/C12H13N3O/c13-12(16)10-5-4-8-15(9-10)14-11-6-2-1-3-7-11/h1-8,14H,9H2,(H2,13,16). The van der Waals surface area contributed by atoms with Gasteiger partial charge in [0.2, 0.25) is 5.91 Å². The second-order valence-electron chi connectivity index (χ2n) is 3.50. The SMILES string of the molecule is NC(=O)C1=CC=CN(Nc2ccccc2)C1. The number of nitrogens with zero attached hydrogens (tertiary/aromatic N) is 1. The molecule has 4 heteroatoms. The predicted molar refractivity (Wildman–Crippen MR) is 63.2 cm³/mol. The first-order valence-corrected chi connectivity index (χ1v) is 5.01. The molecule has 0 aromatic heterocycles. The number of carbonyl (C=O) groups is 1. The maximum atomic E-state index is 11.0. The van der Waals surface area contributed by atoms with Gasteiger partial charge in [0.15, 0.2) is 0 Å². The van der Waals surface area contributed by atoms with Gasteiger partial charge in [0.25, 0.3) is 0 Å². The molecule has 0 fully saturated rings. The first kappa shape index (κ1) is 10.3. The fourth-order valence-corrected chi connectivity index (χ4v) is 1.47. The maximum Gasteiger partial charge on any atom is 0.246 e. The summed E-state index contributed by atoms with van der Waals surface area (Å²) in [5, 5.41) is 1.81. The fourth-order valence-electron chi connectivity index (χ4n) is 1.47. The van der Waals surface area contributed by atoms with Crippen molar-refractivity contribution in [3.8, 4) is 0 Å². The first-order chi connectivity index (χ1) is 7.75. The molecule has 0 saturated heterocycles. The van der Waals surface area contributed by atoms with Crippen molar-refractivity contribution in [2.45, 2.75) is 0 Å². The Bertz CT molecular complexity index is 437. The minimum absolute atomic E-state index is 0.385. The fraction of sp³-hybridized carbons (Fsp3) is 0.0833. The monoisotopic (exact) mass is 215 g/mol. The molecule has 2 rings (SSSR count). The van der Waals surface area contributed by atoms with Gasteiger partial charge in [-0.2, -0.15) is 0 Å². The molecule has 0 aliphatic carbocycles. The van der Waals surface area contributed by atoms with Crippen molar-refractivity contribution < 1.29 is 4.79 Å². The van der Waals surface area contributed by atoms with Gasteiger partial charge in [-0.3, -0.25) is 15.2 Å². The van der Waals surface area contributed by atoms with Crippen LogP contribution in [0.25, 0.3) is 0 Å². The number of rotatable bonds is 3. The van der Waals surface area contributed by atoms with Crippen molar-refractivity contribution in [1.82, 2.24) is 5.01 Å². The zero-order chi connectivity index (χ0) is 11.4. The largest absolute Gasteiger partial charge is 0.366 e. The highest BCUT2D eigenvalue weighted by molar-refractivity contribution is 5.92. The van der Waals surface area contributed by atoms with Gasteiger partial charge in [-0.1, -0.05) is 24.3 Å². The van der Waals surface area contributed by atoms with Crippen molar-refractivity contribution in [3.63, 3.8) is 0 Å².